The predicted octanol–water partition coefficient (Wildman–Crippen LogP) is 2.07. The van der Waals surface area contributed by atoms with Crippen LogP contribution in [0.25, 0.3) is 0 Å². The largest absolute Gasteiger partial charge is 0.374 e. The zero-order valence-electron chi connectivity index (χ0n) is 13.5. The van der Waals surface area contributed by atoms with E-state index in [9.17, 15) is 0 Å². The van der Waals surface area contributed by atoms with Crippen molar-refractivity contribution in [3.63, 3.8) is 0 Å². The van der Waals surface area contributed by atoms with Crippen LogP contribution in [-0.2, 0) is 11.3 Å². The molecule has 116 valence electrons. The van der Waals surface area contributed by atoms with E-state index in [2.05, 4.69) is 53.8 Å². The zero-order valence-corrected chi connectivity index (χ0v) is 13.5. The van der Waals surface area contributed by atoms with Crippen LogP contribution < -0.4 is 0 Å². The van der Waals surface area contributed by atoms with Crippen molar-refractivity contribution in [1.29, 1.82) is 0 Å². The fourth-order valence-corrected chi connectivity index (χ4v) is 3.50. The van der Waals surface area contributed by atoms with E-state index in [1.54, 1.807) is 0 Å². The standard InChI is InChI=1S/C17H27N3O/c1-4-14(3)20-11-16-17(12-20)21-9-8-19(16)10-15-7-5-6-13(2)18-15/h5-7,14,16-17H,4,8-12H2,1-3H3/t14?,16-,17+/m0/s1. The highest BCUT2D eigenvalue weighted by molar-refractivity contribution is 5.10. The first kappa shape index (κ1) is 14.9. The van der Waals surface area contributed by atoms with E-state index in [1.807, 2.05) is 0 Å². The molecule has 3 rings (SSSR count). The van der Waals surface area contributed by atoms with Crippen LogP contribution in [0.1, 0.15) is 31.7 Å². The van der Waals surface area contributed by atoms with Crippen LogP contribution in [0.2, 0.25) is 0 Å². The number of rotatable bonds is 4. The molecule has 0 N–H and O–H groups in total. The minimum absolute atomic E-state index is 0.373. The summed E-state index contributed by atoms with van der Waals surface area (Å²) in [4.78, 5) is 9.80. The molecule has 1 aromatic heterocycles. The van der Waals surface area contributed by atoms with Gasteiger partial charge in [0.2, 0.25) is 0 Å². The summed E-state index contributed by atoms with van der Waals surface area (Å²) in [5, 5.41) is 0. The first-order valence-electron chi connectivity index (χ1n) is 8.19. The molecular formula is C17H27N3O. The lowest BCUT2D eigenvalue weighted by Crippen LogP contribution is -2.50. The summed E-state index contributed by atoms with van der Waals surface area (Å²) in [6.07, 6.45) is 1.58. The molecule has 0 aliphatic carbocycles. The lowest BCUT2D eigenvalue weighted by Gasteiger charge is -2.36. The number of fused-ring (bicyclic) bond motifs is 1. The van der Waals surface area contributed by atoms with Crippen molar-refractivity contribution < 1.29 is 4.74 Å². The highest BCUT2D eigenvalue weighted by Crippen LogP contribution is 2.26. The maximum Gasteiger partial charge on any atom is 0.0870 e. The van der Waals surface area contributed by atoms with E-state index in [4.69, 9.17) is 4.74 Å². The summed E-state index contributed by atoms with van der Waals surface area (Å²) in [5.41, 5.74) is 2.28. The quantitative estimate of drug-likeness (QED) is 0.848. The van der Waals surface area contributed by atoms with Gasteiger partial charge in [-0.15, -0.1) is 0 Å². The molecule has 2 aliphatic rings. The van der Waals surface area contributed by atoms with Crippen molar-refractivity contribution in [3.05, 3.63) is 29.6 Å². The van der Waals surface area contributed by atoms with Crippen LogP contribution in [0, 0.1) is 6.92 Å². The summed E-state index contributed by atoms with van der Waals surface area (Å²) in [6, 6.07) is 7.48. The van der Waals surface area contributed by atoms with Gasteiger partial charge in [0.25, 0.3) is 0 Å². The molecule has 0 aromatic carbocycles. The Hall–Kier alpha value is -0.970. The molecule has 4 nitrogen and oxygen atoms in total. The maximum atomic E-state index is 6.01. The Labute approximate surface area is 128 Å². The first-order chi connectivity index (χ1) is 10.2. The molecule has 1 aromatic rings. The van der Waals surface area contributed by atoms with Crippen LogP contribution in [0.3, 0.4) is 0 Å². The lowest BCUT2D eigenvalue weighted by molar-refractivity contribution is -0.0509. The Morgan fingerprint density at radius 3 is 3.00 bits per heavy atom. The van der Waals surface area contributed by atoms with Gasteiger partial charge < -0.3 is 4.74 Å². The van der Waals surface area contributed by atoms with Gasteiger partial charge in [0.1, 0.15) is 0 Å². The molecule has 3 atom stereocenters. The van der Waals surface area contributed by atoms with Crippen molar-refractivity contribution in [2.75, 3.05) is 26.2 Å². The van der Waals surface area contributed by atoms with Crippen LogP contribution in [-0.4, -0.2) is 59.2 Å². The average molecular weight is 289 g/mol. The van der Waals surface area contributed by atoms with Crippen molar-refractivity contribution in [3.8, 4) is 0 Å². The highest BCUT2D eigenvalue weighted by atomic mass is 16.5. The van der Waals surface area contributed by atoms with Crippen molar-refractivity contribution in [2.45, 2.75) is 51.9 Å². The molecule has 0 bridgehead atoms. The molecule has 21 heavy (non-hydrogen) atoms. The number of ether oxygens (including phenoxy) is 1. The Kier molecular flexibility index (Phi) is 4.57. The summed E-state index contributed by atoms with van der Waals surface area (Å²) in [7, 11) is 0. The lowest BCUT2D eigenvalue weighted by atomic mass is 10.1. The van der Waals surface area contributed by atoms with Crippen molar-refractivity contribution in [2.24, 2.45) is 0 Å². The third-order valence-electron chi connectivity index (χ3n) is 4.97. The number of likely N-dealkylation sites (tertiary alicyclic amines) is 1. The van der Waals surface area contributed by atoms with Gasteiger partial charge in [-0.3, -0.25) is 14.8 Å². The second-order valence-electron chi connectivity index (χ2n) is 6.43. The molecule has 0 saturated carbocycles. The van der Waals surface area contributed by atoms with Crippen LogP contribution in [0.4, 0.5) is 0 Å². The molecule has 0 amide bonds. The molecule has 2 aliphatic heterocycles. The first-order valence-corrected chi connectivity index (χ1v) is 8.19. The van der Waals surface area contributed by atoms with E-state index >= 15 is 0 Å². The average Bonchev–Trinajstić information content (AvgIpc) is 2.92. The van der Waals surface area contributed by atoms with Crippen molar-refractivity contribution in [1.82, 2.24) is 14.8 Å². The summed E-state index contributed by atoms with van der Waals surface area (Å²) >= 11 is 0. The number of morpholine rings is 1. The zero-order chi connectivity index (χ0) is 14.8. The Morgan fingerprint density at radius 1 is 1.38 bits per heavy atom. The van der Waals surface area contributed by atoms with Crippen molar-refractivity contribution >= 4 is 0 Å². The number of nitrogens with zero attached hydrogens (tertiary/aromatic N) is 3. The van der Waals surface area contributed by atoms with E-state index < -0.39 is 0 Å². The number of hydrogen-bond donors (Lipinski definition) is 0. The molecule has 0 spiro atoms. The van der Waals surface area contributed by atoms with Gasteiger partial charge in [-0.2, -0.15) is 0 Å². The fourth-order valence-electron chi connectivity index (χ4n) is 3.50. The topological polar surface area (TPSA) is 28.6 Å². The van der Waals surface area contributed by atoms with E-state index in [0.717, 1.165) is 38.5 Å². The minimum Gasteiger partial charge on any atom is -0.374 e. The van der Waals surface area contributed by atoms with Crippen LogP contribution in [0.5, 0.6) is 0 Å². The van der Waals surface area contributed by atoms with Crippen LogP contribution in [0.15, 0.2) is 18.2 Å². The van der Waals surface area contributed by atoms with Gasteiger partial charge in [-0.05, 0) is 32.4 Å². The van der Waals surface area contributed by atoms with Gasteiger partial charge >= 0.3 is 0 Å². The van der Waals surface area contributed by atoms with Gasteiger partial charge in [-0.25, -0.2) is 0 Å². The third kappa shape index (κ3) is 3.28. The monoisotopic (exact) mass is 289 g/mol. The number of pyridine rings is 1. The number of aromatic nitrogens is 1. The fraction of sp³-hybridized carbons (Fsp3) is 0.706. The molecular weight excluding hydrogens is 262 g/mol. The van der Waals surface area contributed by atoms with Crippen LogP contribution >= 0.6 is 0 Å². The second kappa shape index (κ2) is 6.42. The third-order valence-corrected chi connectivity index (χ3v) is 4.97. The second-order valence-corrected chi connectivity index (χ2v) is 6.43. The SMILES string of the molecule is CCC(C)N1C[C@H]2OCCN(Cc3cccc(C)n3)[C@H]2C1. The normalized spacial score (nSPS) is 28.5. The summed E-state index contributed by atoms with van der Waals surface area (Å²) in [5.74, 6) is 0. The summed E-state index contributed by atoms with van der Waals surface area (Å²) in [6.45, 7) is 11.7. The minimum atomic E-state index is 0.373. The van der Waals surface area contributed by atoms with E-state index in [0.29, 0.717) is 18.2 Å². The highest BCUT2D eigenvalue weighted by Gasteiger charge is 2.41. The molecule has 2 saturated heterocycles. The maximum absolute atomic E-state index is 6.01. The van der Waals surface area contributed by atoms with Gasteiger partial charge in [-0.1, -0.05) is 13.0 Å². The molecule has 3 heterocycles. The number of hydrogen-bond acceptors (Lipinski definition) is 4. The predicted molar refractivity (Wildman–Crippen MR) is 84.2 cm³/mol. The number of aryl methyl sites for hydroxylation is 1. The Balaban J connectivity index is 1.68. The van der Waals surface area contributed by atoms with E-state index in [1.165, 1.54) is 12.1 Å². The van der Waals surface area contributed by atoms with Gasteiger partial charge in [0.15, 0.2) is 0 Å². The van der Waals surface area contributed by atoms with Gasteiger partial charge in [0, 0.05) is 37.9 Å². The molecule has 2 fully saturated rings. The molecule has 4 heteroatoms. The molecule has 0 radical (unpaired) electrons. The Morgan fingerprint density at radius 2 is 2.24 bits per heavy atom. The van der Waals surface area contributed by atoms with E-state index in [-0.39, 0.29) is 0 Å². The smallest absolute Gasteiger partial charge is 0.0870 e. The van der Waals surface area contributed by atoms with Gasteiger partial charge in [0.05, 0.1) is 24.4 Å². The Bertz CT molecular complexity index is 479. The summed E-state index contributed by atoms with van der Waals surface area (Å²) < 4.78 is 6.01. The molecule has 1 unspecified atom stereocenters.